The molecule has 1 heterocycles. The van der Waals surface area contributed by atoms with Crippen LogP contribution in [0.25, 0.3) is 0 Å². The number of amides is 2. The summed E-state index contributed by atoms with van der Waals surface area (Å²) in [5.41, 5.74) is 7.19. The van der Waals surface area contributed by atoms with Gasteiger partial charge in [0.2, 0.25) is 0 Å². The molecule has 0 spiro atoms. The summed E-state index contributed by atoms with van der Waals surface area (Å²) in [6.45, 7) is 5.52. The lowest BCUT2D eigenvalue weighted by Gasteiger charge is -2.17. The van der Waals surface area contributed by atoms with Gasteiger partial charge in [-0.2, -0.15) is 0 Å². The Hall–Kier alpha value is -3.87. The van der Waals surface area contributed by atoms with Crippen molar-refractivity contribution in [1.29, 1.82) is 0 Å². The van der Waals surface area contributed by atoms with E-state index in [0.29, 0.717) is 22.8 Å². The number of carbonyl (C=O) groups excluding carboxylic acids is 2. The van der Waals surface area contributed by atoms with Crippen molar-refractivity contribution in [2.75, 3.05) is 0 Å². The van der Waals surface area contributed by atoms with E-state index < -0.39 is 17.9 Å². The van der Waals surface area contributed by atoms with Gasteiger partial charge in [-0.15, -0.1) is 0 Å². The van der Waals surface area contributed by atoms with E-state index in [9.17, 15) is 9.59 Å². The summed E-state index contributed by atoms with van der Waals surface area (Å²) in [4.78, 5) is 28.5. The van der Waals surface area contributed by atoms with Gasteiger partial charge in [0, 0.05) is 11.8 Å². The topological polar surface area (TPSA) is 89.6 Å². The first-order valence-corrected chi connectivity index (χ1v) is 9.45. The molecule has 0 aliphatic rings. The van der Waals surface area contributed by atoms with Crippen molar-refractivity contribution >= 4 is 11.8 Å². The zero-order chi connectivity index (χ0) is 21.5. The molecule has 2 amide bonds. The van der Waals surface area contributed by atoms with E-state index in [2.05, 4.69) is 15.8 Å². The summed E-state index contributed by atoms with van der Waals surface area (Å²) in [5, 5.41) is 0. The molecule has 1 atom stereocenters. The van der Waals surface area contributed by atoms with Crippen LogP contribution in [0.4, 0.5) is 0 Å². The molecule has 0 aliphatic carbocycles. The monoisotopic (exact) mass is 405 g/mol. The number of benzene rings is 2. The first-order valence-electron chi connectivity index (χ1n) is 9.45. The molecule has 1 unspecified atom stereocenters. The quantitative estimate of drug-likeness (QED) is 0.610. The molecule has 154 valence electrons. The maximum Gasteiger partial charge on any atom is 0.279 e. The average Bonchev–Trinajstić information content (AvgIpc) is 2.76. The third-order valence-electron chi connectivity index (χ3n) is 4.51. The van der Waals surface area contributed by atoms with E-state index in [4.69, 9.17) is 9.47 Å². The second kappa shape index (κ2) is 9.56. The maximum absolute atomic E-state index is 12.3. The lowest BCUT2D eigenvalue weighted by Crippen LogP contribution is -2.47. The van der Waals surface area contributed by atoms with Gasteiger partial charge in [-0.25, -0.2) is 0 Å². The molecule has 0 radical (unpaired) electrons. The molecule has 1 aromatic heterocycles. The predicted molar refractivity (Wildman–Crippen MR) is 112 cm³/mol. The zero-order valence-corrected chi connectivity index (χ0v) is 17.0. The Bertz CT molecular complexity index is 1020. The molecule has 0 fully saturated rings. The standard InChI is InChI=1S/C23H23N3O4/c1-15-6-4-8-21(16(15)2)29-17(3)22(27)25-26-23(28)18-9-11-19(12-10-18)30-20-7-5-13-24-14-20/h4-14,17H,1-3H3,(H,25,27)(H,26,28). The fraction of sp³-hybridized carbons (Fsp3) is 0.174. The molecule has 0 aliphatic heterocycles. The van der Waals surface area contributed by atoms with Crippen LogP contribution < -0.4 is 20.3 Å². The zero-order valence-electron chi connectivity index (χ0n) is 17.0. The highest BCUT2D eigenvalue weighted by molar-refractivity contribution is 5.95. The number of nitrogens with one attached hydrogen (secondary N) is 2. The Kier molecular flexibility index (Phi) is 6.64. The largest absolute Gasteiger partial charge is 0.481 e. The van der Waals surface area contributed by atoms with E-state index >= 15 is 0 Å². The maximum atomic E-state index is 12.3. The summed E-state index contributed by atoms with van der Waals surface area (Å²) in [7, 11) is 0. The third kappa shape index (κ3) is 5.35. The fourth-order valence-electron chi connectivity index (χ4n) is 2.61. The smallest absolute Gasteiger partial charge is 0.279 e. The van der Waals surface area contributed by atoms with Crippen LogP contribution in [0.2, 0.25) is 0 Å². The molecule has 0 saturated carbocycles. The molecule has 0 bridgehead atoms. The SMILES string of the molecule is Cc1cccc(OC(C)C(=O)NNC(=O)c2ccc(Oc3cccnc3)cc2)c1C. The number of hydrogen-bond acceptors (Lipinski definition) is 5. The summed E-state index contributed by atoms with van der Waals surface area (Å²) in [6.07, 6.45) is 2.47. The minimum Gasteiger partial charge on any atom is -0.481 e. The van der Waals surface area contributed by atoms with Crippen molar-refractivity contribution < 1.29 is 19.1 Å². The number of pyridine rings is 1. The minimum absolute atomic E-state index is 0.372. The van der Waals surface area contributed by atoms with Gasteiger partial charge in [0.1, 0.15) is 17.2 Å². The summed E-state index contributed by atoms with van der Waals surface area (Å²) in [5.74, 6) is 0.892. The molecule has 0 saturated heterocycles. The van der Waals surface area contributed by atoms with Crippen LogP contribution in [-0.4, -0.2) is 22.9 Å². The molecule has 2 N–H and O–H groups in total. The highest BCUT2D eigenvalue weighted by Crippen LogP contribution is 2.22. The Balaban J connectivity index is 1.52. The molecule has 2 aromatic carbocycles. The van der Waals surface area contributed by atoms with Crippen molar-refractivity contribution in [1.82, 2.24) is 15.8 Å². The van der Waals surface area contributed by atoms with Gasteiger partial charge in [0.15, 0.2) is 6.10 Å². The van der Waals surface area contributed by atoms with Gasteiger partial charge in [-0.3, -0.25) is 25.4 Å². The number of nitrogens with zero attached hydrogens (tertiary/aromatic N) is 1. The number of hydrogen-bond donors (Lipinski definition) is 2. The van der Waals surface area contributed by atoms with Crippen LogP contribution in [-0.2, 0) is 4.79 Å². The Labute approximate surface area is 175 Å². The van der Waals surface area contributed by atoms with Gasteiger partial charge in [0.05, 0.1) is 6.20 Å². The molecular weight excluding hydrogens is 382 g/mol. The average molecular weight is 405 g/mol. The van der Waals surface area contributed by atoms with Crippen LogP contribution in [0.5, 0.6) is 17.2 Å². The Morgan fingerprint density at radius 3 is 2.40 bits per heavy atom. The van der Waals surface area contributed by atoms with Crippen molar-refractivity contribution in [3.05, 3.63) is 83.7 Å². The molecule has 3 rings (SSSR count). The number of ether oxygens (including phenoxy) is 2. The van der Waals surface area contributed by atoms with Crippen molar-refractivity contribution in [2.45, 2.75) is 26.9 Å². The number of aromatic nitrogens is 1. The van der Waals surface area contributed by atoms with Crippen molar-refractivity contribution in [3.8, 4) is 17.2 Å². The normalized spacial score (nSPS) is 11.3. The van der Waals surface area contributed by atoms with E-state index in [-0.39, 0.29) is 0 Å². The van der Waals surface area contributed by atoms with Crippen LogP contribution in [0.3, 0.4) is 0 Å². The molecular formula is C23H23N3O4. The first-order chi connectivity index (χ1) is 14.4. The van der Waals surface area contributed by atoms with Gasteiger partial charge >= 0.3 is 0 Å². The summed E-state index contributed by atoms with van der Waals surface area (Å²) >= 11 is 0. The van der Waals surface area contributed by atoms with E-state index in [1.54, 1.807) is 61.8 Å². The molecule has 3 aromatic rings. The predicted octanol–water partition coefficient (Wildman–Crippen LogP) is 3.72. The summed E-state index contributed by atoms with van der Waals surface area (Å²) in [6, 6.07) is 15.7. The highest BCUT2D eigenvalue weighted by atomic mass is 16.5. The van der Waals surface area contributed by atoms with Gasteiger partial charge in [0.25, 0.3) is 11.8 Å². The molecule has 30 heavy (non-hydrogen) atoms. The highest BCUT2D eigenvalue weighted by Gasteiger charge is 2.17. The van der Waals surface area contributed by atoms with Crippen LogP contribution >= 0.6 is 0 Å². The van der Waals surface area contributed by atoms with E-state index in [1.807, 2.05) is 26.0 Å². The third-order valence-corrected chi connectivity index (χ3v) is 4.51. The van der Waals surface area contributed by atoms with Crippen LogP contribution in [0.15, 0.2) is 67.0 Å². The molecule has 7 heteroatoms. The number of rotatable bonds is 6. The van der Waals surface area contributed by atoms with Crippen LogP contribution in [0.1, 0.15) is 28.4 Å². The Morgan fingerprint density at radius 2 is 1.70 bits per heavy atom. The van der Waals surface area contributed by atoms with Crippen molar-refractivity contribution in [2.24, 2.45) is 0 Å². The van der Waals surface area contributed by atoms with E-state index in [0.717, 1.165) is 11.1 Å². The number of carbonyl (C=O) groups is 2. The van der Waals surface area contributed by atoms with Gasteiger partial charge in [-0.05, 0) is 74.4 Å². The van der Waals surface area contributed by atoms with Crippen molar-refractivity contribution in [3.63, 3.8) is 0 Å². The van der Waals surface area contributed by atoms with Crippen LogP contribution in [0, 0.1) is 13.8 Å². The minimum atomic E-state index is -0.777. The Morgan fingerprint density at radius 1 is 0.933 bits per heavy atom. The van der Waals surface area contributed by atoms with Gasteiger partial charge < -0.3 is 9.47 Å². The van der Waals surface area contributed by atoms with Gasteiger partial charge in [-0.1, -0.05) is 12.1 Å². The van der Waals surface area contributed by atoms with E-state index in [1.165, 1.54) is 0 Å². The fourth-order valence-corrected chi connectivity index (χ4v) is 2.61. The lowest BCUT2D eigenvalue weighted by molar-refractivity contribution is -0.128. The first kappa shape index (κ1) is 20.9. The number of aryl methyl sites for hydroxylation is 1. The number of hydrazine groups is 1. The lowest BCUT2D eigenvalue weighted by atomic mass is 10.1. The second-order valence-electron chi connectivity index (χ2n) is 6.72. The second-order valence-corrected chi connectivity index (χ2v) is 6.72. The molecule has 7 nitrogen and oxygen atoms in total. The summed E-state index contributed by atoms with van der Waals surface area (Å²) < 4.78 is 11.3.